The van der Waals surface area contributed by atoms with E-state index in [2.05, 4.69) is 10.3 Å². The van der Waals surface area contributed by atoms with Gasteiger partial charge < -0.3 is 5.32 Å². The molecule has 1 saturated heterocycles. The zero-order valence-corrected chi connectivity index (χ0v) is 11.5. The summed E-state index contributed by atoms with van der Waals surface area (Å²) in [5.41, 5.74) is 1.25. The van der Waals surface area contributed by atoms with Gasteiger partial charge in [-0.25, -0.2) is 9.78 Å². The van der Waals surface area contributed by atoms with E-state index < -0.39 is 11.9 Å². The smallest absolute Gasteiger partial charge is 0.324 e. The molecule has 0 atom stereocenters. The van der Waals surface area contributed by atoms with Crippen LogP contribution in [0.1, 0.15) is 5.56 Å². The summed E-state index contributed by atoms with van der Waals surface area (Å²) >= 11 is 0. The number of carbonyl (C=O) groups is 2. The number of imide groups is 1. The highest BCUT2D eigenvalue weighted by Crippen LogP contribution is 2.11. The maximum Gasteiger partial charge on any atom is 0.324 e. The number of rotatable bonds is 2. The van der Waals surface area contributed by atoms with Crippen LogP contribution in [-0.2, 0) is 11.3 Å². The van der Waals surface area contributed by atoms with Crippen molar-refractivity contribution in [1.82, 2.24) is 19.8 Å². The zero-order valence-electron chi connectivity index (χ0n) is 11.5. The number of amides is 3. The Labute approximate surface area is 120 Å². The Hall–Kier alpha value is -2.70. The van der Waals surface area contributed by atoms with Crippen molar-refractivity contribution in [3.8, 4) is 0 Å². The standard InChI is InChI=1S/C14H14N4O3/c1-9-3-2-4-10-12(9)16-8-17(13(10)20)7-11(19)18-6-5-15-14(18)21/h2-4,8H,5-7H2,1H3,(H,15,21). The number of hydrogen-bond donors (Lipinski definition) is 1. The first kappa shape index (κ1) is 13.3. The van der Waals surface area contributed by atoms with Crippen LogP contribution in [0, 0.1) is 6.92 Å². The second kappa shape index (κ2) is 5.01. The number of para-hydroxylation sites is 1. The van der Waals surface area contributed by atoms with Crippen LogP contribution in [0.5, 0.6) is 0 Å². The lowest BCUT2D eigenvalue weighted by Crippen LogP contribution is -2.38. The van der Waals surface area contributed by atoms with Crippen LogP contribution in [0.3, 0.4) is 0 Å². The molecule has 2 heterocycles. The third-order valence-corrected chi connectivity index (χ3v) is 3.52. The molecule has 0 spiro atoms. The van der Waals surface area contributed by atoms with Gasteiger partial charge in [0.2, 0.25) is 0 Å². The summed E-state index contributed by atoms with van der Waals surface area (Å²) in [4.78, 5) is 41.2. The van der Waals surface area contributed by atoms with E-state index in [0.717, 1.165) is 10.5 Å². The van der Waals surface area contributed by atoms with E-state index in [9.17, 15) is 14.4 Å². The number of hydrogen-bond acceptors (Lipinski definition) is 4. The van der Waals surface area contributed by atoms with E-state index in [1.165, 1.54) is 10.9 Å². The molecule has 0 radical (unpaired) electrons. The van der Waals surface area contributed by atoms with Crippen molar-refractivity contribution < 1.29 is 9.59 Å². The van der Waals surface area contributed by atoms with Gasteiger partial charge in [-0.05, 0) is 18.6 Å². The van der Waals surface area contributed by atoms with Gasteiger partial charge in [0.1, 0.15) is 6.54 Å². The lowest BCUT2D eigenvalue weighted by molar-refractivity contribution is -0.128. The van der Waals surface area contributed by atoms with E-state index in [-0.39, 0.29) is 12.1 Å². The Bertz CT molecular complexity index is 796. The van der Waals surface area contributed by atoms with E-state index in [1.807, 2.05) is 13.0 Å². The molecule has 0 saturated carbocycles. The Kier molecular flexibility index (Phi) is 3.17. The van der Waals surface area contributed by atoms with Crippen LogP contribution in [0.15, 0.2) is 29.3 Å². The first-order valence-corrected chi connectivity index (χ1v) is 6.61. The number of benzene rings is 1. The molecule has 1 N–H and O–H groups in total. The highest BCUT2D eigenvalue weighted by molar-refractivity contribution is 5.95. The summed E-state index contributed by atoms with van der Waals surface area (Å²) < 4.78 is 1.23. The van der Waals surface area contributed by atoms with Gasteiger partial charge in [-0.15, -0.1) is 0 Å². The summed E-state index contributed by atoms with van der Waals surface area (Å²) in [5.74, 6) is -0.416. The van der Waals surface area contributed by atoms with Crippen molar-refractivity contribution in [2.45, 2.75) is 13.5 Å². The number of carbonyl (C=O) groups excluding carboxylic acids is 2. The third-order valence-electron chi connectivity index (χ3n) is 3.52. The second-order valence-corrected chi connectivity index (χ2v) is 4.93. The molecular weight excluding hydrogens is 272 g/mol. The molecule has 2 aromatic rings. The molecule has 1 fully saturated rings. The summed E-state index contributed by atoms with van der Waals surface area (Å²) in [7, 11) is 0. The fourth-order valence-corrected chi connectivity index (χ4v) is 2.39. The SMILES string of the molecule is Cc1cccc2c(=O)n(CC(=O)N3CCNC3=O)cnc12. The molecule has 7 heteroatoms. The number of nitrogens with one attached hydrogen (secondary N) is 1. The van der Waals surface area contributed by atoms with Crippen LogP contribution >= 0.6 is 0 Å². The van der Waals surface area contributed by atoms with Gasteiger partial charge in [0, 0.05) is 13.1 Å². The minimum absolute atomic E-state index is 0.191. The van der Waals surface area contributed by atoms with E-state index >= 15 is 0 Å². The van der Waals surface area contributed by atoms with Crippen LogP contribution in [0.4, 0.5) is 4.79 Å². The van der Waals surface area contributed by atoms with Crippen molar-refractivity contribution >= 4 is 22.8 Å². The predicted molar refractivity (Wildman–Crippen MR) is 75.9 cm³/mol. The van der Waals surface area contributed by atoms with Gasteiger partial charge in [0.25, 0.3) is 11.5 Å². The summed E-state index contributed by atoms with van der Waals surface area (Å²) in [6, 6.07) is 4.92. The lowest BCUT2D eigenvalue weighted by atomic mass is 10.1. The van der Waals surface area contributed by atoms with E-state index in [4.69, 9.17) is 0 Å². The van der Waals surface area contributed by atoms with Crippen molar-refractivity contribution in [2.75, 3.05) is 13.1 Å². The van der Waals surface area contributed by atoms with E-state index in [0.29, 0.717) is 24.0 Å². The van der Waals surface area contributed by atoms with Gasteiger partial charge in [-0.3, -0.25) is 19.1 Å². The maximum atomic E-state index is 12.4. The van der Waals surface area contributed by atoms with E-state index in [1.54, 1.807) is 12.1 Å². The molecule has 1 aliphatic heterocycles. The summed E-state index contributed by atoms with van der Waals surface area (Å²) in [6.07, 6.45) is 1.35. The molecule has 0 aliphatic carbocycles. The van der Waals surface area contributed by atoms with Crippen molar-refractivity contribution in [2.24, 2.45) is 0 Å². The minimum Gasteiger partial charge on any atom is -0.336 e. The summed E-state index contributed by atoms with van der Waals surface area (Å²) in [6.45, 7) is 2.45. The number of urea groups is 1. The molecular formula is C14H14N4O3. The van der Waals surface area contributed by atoms with Gasteiger partial charge >= 0.3 is 6.03 Å². The normalized spacial score (nSPS) is 14.5. The molecule has 3 rings (SSSR count). The number of aryl methyl sites for hydroxylation is 1. The average molecular weight is 286 g/mol. The van der Waals surface area contributed by atoms with Gasteiger partial charge in [0.15, 0.2) is 0 Å². The van der Waals surface area contributed by atoms with Gasteiger partial charge in [-0.2, -0.15) is 0 Å². The first-order valence-electron chi connectivity index (χ1n) is 6.61. The molecule has 3 amide bonds. The third kappa shape index (κ3) is 2.26. The predicted octanol–water partition coefficient (Wildman–Crippen LogP) is 0.257. The number of nitrogens with zero attached hydrogens (tertiary/aromatic N) is 3. The lowest BCUT2D eigenvalue weighted by Gasteiger charge is -2.13. The topological polar surface area (TPSA) is 84.3 Å². The van der Waals surface area contributed by atoms with Crippen molar-refractivity contribution in [1.29, 1.82) is 0 Å². The fraction of sp³-hybridized carbons (Fsp3) is 0.286. The molecule has 21 heavy (non-hydrogen) atoms. The van der Waals surface area contributed by atoms with Crippen molar-refractivity contribution in [3.63, 3.8) is 0 Å². The van der Waals surface area contributed by atoms with Crippen LogP contribution in [0.25, 0.3) is 10.9 Å². The molecule has 0 unspecified atom stereocenters. The van der Waals surface area contributed by atoms with Crippen LogP contribution in [-0.4, -0.2) is 39.5 Å². The Morgan fingerprint density at radius 1 is 1.38 bits per heavy atom. The minimum atomic E-state index is -0.419. The molecule has 0 bridgehead atoms. The van der Waals surface area contributed by atoms with Crippen LogP contribution < -0.4 is 10.9 Å². The molecule has 108 valence electrons. The zero-order chi connectivity index (χ0) is 15.0. The Morgan fingerprint density at radius 2 is 2.19 bits per heavy atom. The monoisotopic (exact) mass is 286 g/mol. The second-order valence-electron chi connectivity index (χ2n) is 4.93. The number of fused-ring (bicyclic) bond motifs is 1. The van der Waals surface area contributed by atoms with Crippen molar-refractivity contribution in [3.05, 3.63) is 40.4 Å². The molecule has 1 aliphatic rings. The molecule has 7 nitrogen and oxygen atoms in total. The van der Waals surface area contributed by atoms with Gasteiger partial charge in [0.05, 0.1) is 17.2 Å². The quantitative estimate of drug-likeness (QED) is 0.858. The Balaban J connectivity index is 1.95. The summed E-state index contributed by atoms with van der Waals surface area (Å²) in [5, 5.41) is 3.02. The highest BCUT2D eigenvalue weighted by Gasteiger charge is 2.26. The number of aromatic nitrogens is 2. The average Bonchev–Trinajstić information content (AvgIpc) is 2.89. The Morgan fingerprint density at radius 3 is 2.90 bits per heavy atom. The van der Waals surface area contributed by atoms with Gasteiger partial charge in [-0.1, -0.05) is 12.1 Å². The maximum absolute atomic E-state index is 12.4. The molecule has 1 aromatic heterocycles. The fourth-order valence-electron chi connectivity index (χ4n) is 2.39. The van der Waals surface area contributed by atoms with Crippen LogP contribution in [0.2, 0.25) is 0 Å². The largest absolute Gasteiger partial charge is 0.336 e. The molecule has 1 aromatic carbocycles. The highest BCUT2D eigenvalue weighted by atomic mass is 16.2. The first-order chi connectivity index (χ1) is 10.1.